The van der Waals surface area contributed by atoms with E-state index in [0.29, 0.717) is 12.1 Å². The zero-order valence-corrected chi connectivity index (χ0v) is 19.7. The first-order chi connectivity index (χ1) is 15.9. The van der Waals surface area contributed by atoms with Gasteiger partial charge in [0.25, 0.3) is 0 Å². The number of aliphatic carboxylic acids is 2. The molecule has 0 spiro atoms. The van der Waals surface area contributed by atoms with Crippen molar-refractivity contribution in [2.75, 3.05) is 0 Å². The maximum absolute atomic E-state index is 13.0. The molecule has 5 unspecified atom stereocenters. The molecule has 0 aliphatic carbocycles. The molecule has 0 bridgehead atoms. The van der Waals surface area contributed by atoms with Gasteiger partial charge >= 0.3 is 11.9 Å². The van der Waals surface area contributed by atoms with Crippen LogP contribution in [0.4, 0.5) is 0 Å². The summed E-state index contributed by atoms with van der Waals surface area (Å²) < 4.78 is 0. The van der Waals surface area contributed by atoms with Crippen LogP contribution < -0.4 is 21.7 Å². The monoisotopic (exact) mass is 482 g/mol. The molecule has 34 heavy (non-hydrogen) atoms. The summed E-state index contributed by atoms with van der Waals surface area (Å²) in [6.45, 7) is 6.87. The van der Waals surface area contributed by atoms with Crippen LogP contribution in [0.15, 0.2) is 12.5 Å². The van der Waals surface area contributed by atoms with Gasteiger partial charge in [-0.25, -0.2) is 9.78 Å². The predicted molar refractivity (Wildman–Crippen MR) is 120 cm³/mol. The van der Waals surface area contributed by atoms with Crippen LogP contribution >= 0.6 is 0 Å². The van der Waals surface area contributed by atoms with Gasteiger partial charge in [0, 0.05) is 18.3 Å². The van der Waals surface area contributed by atoms with E-state index >= 15 is 0 Å². The number of amides is 3. The second-order valence-electron chi connectivity index (χ2n) is 8.49. The number of hydrogen-bond donors (Lipinski definition) is 7. The van der Waals surface area contributed by atoms with Crippen molar-refractivity contribution in [2.24, 2.45) is 17.6 Å². The number of aromatic nitrogens is 2. The molecule has 0 aliphatic rings. The molecule has 13 heteroatoms. The van der Waals surface area contributed by atoms with E-state index in [2.05, 4.69) is 25.9 Å². The van der Waals surface area contributed by atoms with E-state index in [0.717, 1.165) is 0 Å². The molecule has 3 amide bonds. The number of carboxylic acids is 2. The molecule has 5 atom stereocenters. The highest BCUT2D eigenvalue weighted by molar-refractivity contribution is 5.94. The van der Waals surface area contributed by atoms with Crippen molar-refractivity contribution < 1.29 is 34.2 Å². The number of carbonyl (C=O) groups excluding carboxylic acids is 3. The fraction of sp³-hybridized carbons (Fsp3) is 0.619. The van der Waals surface area contributed by atoms with Crippen molar-refractivity contribution in [1.29, 1.82) is 0 Å². The number of hydrogen-bond acceptors (Lipinski definition) is 7. The number of imidazole rings is 1. The lowest BCUT2D eigenvalue weighted by Crippen LogP contribution is -2.60. The van der Waals surface area contributed by atoms with Gasteiger partial charge in [0.05, 0.1) is 18.8 Å². The van der Waals surface area contributed by atoms with E-state index < -0.39 is 66.2 Å². The Bertz CT molecular complexity index is 858. The SMILES string of the molecule is CCC(C)C(NC(=O)C(NC(=O)C(N)Cc1cnc[nH]1)C(C)C)C(=O)NC(CC(=O)O)C(=O)O. The van der Waals surface area contributed by atoms with Crippen LogP contribution in [0.3, 0.4) is 0 Å². The second-order valence-corrected chi connectivity index (χ2v) is 8.49. The average Bonchev–Trinajstić information content (AvgIpc) is 3.26. The normalized spacial score (nSPS) is 15.5. The highest BCUT2D eigenvalue weighted by atomic mass is 16.4. The molecule has 0 saturated heterocycles. The molecule has 0 radical (unpaired) electrons. The van der Waals surface area contributed by atoms with Gasteiger partial charge in [-0.2, -0.15) is 0 Å². The number of carboxylic acid groups (broad SMARTS) is 2. The average molecular weight is 483 g/mol. The van der Waals surface area contributed by atoms with Crippen molar-refractivity contribution in [3.8, 4) is 0 Å². The number of H-pyrrole nitrogens is 1. The Hall–Kier alpha value is -3.48. The summed E-state index contributed by atoms with van der Waals surface area (Å²) in [6.07, 6.45) is 2.81. The number of nitrogens with two attached hydrogens (primary N) is 1. The van der Waals surface area contributed by atoms with E-state index in [1.165, 1.54) is 12.5 Å². The summed E-state index contributed by atoms with van der Waals surface area (Å²) in [5, 5.41) is 25.4. The molecule has 1 aromatic rings. The fourth-order valence-electron chi connectivity index (χ4n) is 3.10. The smallest absolute Gasteiger partial charge is 0.326 e. The quantitative estimate of drug-likeness (QED) is 0.173. The third-order valence-electron chi connectivity index (χ3n) is 5.36. The lowest BCUT2D eigenvalue weighted by Gasteiger charge is -2.29. The highest BCUT2D eigenvalue weighted by Gasteiger charge is 2.34. The molecule has 0 aliphatic heterocycles. The lowest BCUT2D eigenvalue weighted by atomic mass is 9.96. The number of carbonyl (C=O) groups is 5. The van der Waals surface area contributed by atoms with Crippen molar-refractivity contribution in [1.82, 2.24) is 25.9 Å². The fourth-order valence-corrected chi connectivity index (χ4v) is 3.10. The van der Waals surface area contributed by atoms with Crippen molar-refractivity contribution in [3.05, 3.63) is 18.2 Å². The zero-order chi connectivity index (χ0) is 26.0. The van der Waals surface area contributed by atoms with Crippen molar-refractivity contribution >= 4 is 29.7 Å². The van der Waals surface area contributed by atoms with Gasteiger partial charge in [-0.05, 0) is 11.8 Å². The van der Waals surface area contributed by atoms with E-state index in [-0.39, 0.29) is 12.3 Å². The van der Waals surface area contributed by atoms with E-state index in [4.69, 9.17) is 10.8 Å². The Labute approximate surface area is 197 Å². The second kappa shape index (κ2) is 13.3. The van der Waals surface area contributed by atoms with Gasteiger partial charge < -0.3 is 36.9 Å². The molecule has 13 nitrogen and oxygen atoms in total. The molecular weight excluding hydrogens is 448 g/mol. The van der Waals surface area contributed by atoms with Crippen molar-refractivity contribution in [2.45, 2.75) is 71.1 Å². The van der Waals surface area contributed by atoms with E-state index in [1.807, 2.05) is 0 Å². The first-order valence-electron chi connectivity index (χ1n) is 11.0. The standard InChI is InChI=1S/C21H34N6O7/c1-5-11(4)17(20(32)25-14(21(33)34)7-15(28)29)27-19(31)16(10(2)3)26-18(30)13(22)6-12-8-23-9-24-12/h8-11,13-14,16-17H,5-7,22H2,1-4H3,(H,23,24)(H,25,32)(H,26,30)(H,27,31)(H,28,29)(H,33,34). The molecule has 0 aromatic carbocycles. The molecule has 0 fully saturated rings. The van der Waals surface area contributed by atoms with Crippen LogP contribution in [0.2, 0.25) is 0 Å². The van der Waals surface area contributed by atoms with Gasteiger partial charge in [0.2, 0.25) is 17.7 Å². The van der Waals surface area contributed by atoms with E-state index in [1.54, 1.807) is 27.7 Å². The van der Waals surface area contributed by atoms with Gasteiger partial charge in [-0.3, -0.25) is 19.2 Å². The molecule has 0 saturated carbocycles. The zero-order valence-electron chi connectivity index (χ0n) is 19.7. The minimum atomic E-state index is -1.66. The Morgan fingerprint density at radius 1 is 1.00 bits per heavy atom. The summed E-state index contributed by atoms with van der Waals surface area (Å²) in [6, 6.07) is -4.77. The first-order valence-corrected chi connectivity index (χ1v) is 11.0. The third kappa shape index (κ3) is 8.81. The van der Waals surface area contributed by atoms with Gasteiger partial charge in [0.15, 0.2) is 0 Å². The molecule has 8 N–H and O–H groups in total. The Balaban J connectivity index is 2.94. The van der Waals surface area contributed by atoms with Gasteiger partial charge in [-0.15, -0.1) is 0 Å². The third-order valence-corrected chi connectivity index (χ3v) is 5.36. The molecular formula is C21H34N6O7. The van der Waals surface area contributed by atoms with Gasteiger partial charge in [0.1, 0.15) is 18.1 Å². The summed E-state index contributed by atoms with van der Waals surface area (Å²) in [5.74, 6) is -5.73. The summed E-state index contributed by atoms with van der Waals surface area (Å²) in [4.78, 5) is 67.3. The van der Waals surface area contributed by atoms with Crippen LogP contribution in [0.5, 0.6) is 0 Å². The molecule has 1 heterocycles. The summed E-state index contributed by atoms with van der Waals surface area (Å²) in [7, 11) is 0. The maximum atomic E-state index is 13.0. The summed E-state index contributed by atoms with van der Waals surface area (Å²) >= 11 is 0. The minimum Gasteiger partial charge on any atom is -0.481 e. The number of nitrogens with zero attached hydrogens (tertiary/aromatic N) is 1. The Morgan fingerprint density at radius 2 is 1.59 bits per heavy atom. The molecule has 190 valence electrons. The Morgan fingerprint density at radius 3 is 2.06 bits per heavy atom. The van der Waals surface area contributed by atoms with Crippen LogP contribution in [0, 0.1) is 11.8 Å². The molecule has 1 rings (SSSR count). The summed E-state index contributed by atoms with van der Waals surface area (Å²) in [5.41, 5.74) is 6.59. The topological polar surface area (TPSA) is 217 Å². The van der Waals surface area contributed by atoms with E-state index in [9.17, 15) is 29.1 Å². The first kappa shape index (κ1) is 28.6. The number of rotatable bonds is 14. The largest absolute Gasteiger partial charge is 0.481 e. The van der Waals surface area contributed by atoms with Crippen molar-refractivity contribution in [3.63, 3.8) is 0 Å². The van der Waals surface area contributed by atoms with Crippen LogP contribution in [0.25, 0.3) is 0 Å². The van der Waals surface area contributed by atoms with Crippen LogP contribution in [-0.2, 0) is 30.4 Å². The highest BCUT2D eigenvalue weighted by Crippen LogP contribution is 2.11. The number of aromatic amines is 1. The van der Waals surface area contributed by atoms with Gasteiger partial charge in [-0.1, -0.05) is 34.1 Å². The maximum Gasteiger partial charge on any atom is 0.326 e. The predicted octanol–water partition coefficient (Wildman–Crippen LogP) is -1.00. The Kier molecular flexibility index (Phi) is 11.2. The number of nitrogens with one attached hydrogen (secondary N) is 4. The van der Waals surface area contributed by atoms with Crippen LogP contribution in [-0.4, -0.2) is 74.0 Å². The molecule has 1 aromatic heterocycles. The minimum absolute atomic E-state index is 0.177. The van der Waals surface area contributed by atoms with Crippen LogP contribution in [0.1, 0.15) is 46.2 Å². The lowest BCUT2D eigenvalue weighted by molar-refractivity contribution is -0.147.